The van der Waals surface area contributed by atoms with Crippen molar-refractivity contribution in [2.45, 2.75) is 0 Å². The monoisotopic (exact) mass is 660 g/mol. The van der Waals surface area contributed by atoms with Crippen LogP contribution in [0.4, 0.5) is 0 Å². The topological polar surface area (TPSA) is 9.86 Å². The first-order chi connectivity index (χ1) is 25.8. The Labute approximate surface area is 301 Å². The average molecular weight is 661 g/mol. The molecule has 11 aromatic rings. The summed E-state index contributed by atoms with van der Waals surface area (Å²) in [5, 5.41) is 10.0. The van der Waals surface area contributed by atoms with Crippen molar-refractivity contribution in [3.8, 4) is 33.6 Å². The molecule has 0 fully saturated rings. The fourth-order valence-corrected chi connectivity index (χ4v) is 8.69. The zero-order valence-corrected chi connectivity index (χ0v) is 28.4. The third-order valence-electron chi connectivity index (χ3n) is 10.9. The van der Waals surface area contributed by atoms with Gasteiger partial charge in [0, 0.05) is 32.9 Å². The Morgan fingerprint density at radius 2 is 0.558 bits per heavy atom. The largest absolute Gasteiger partial charge is 0.309 e. The fourth-order valence-electron chi connectivity index (χ4n) is 8.69. The van der Waals surface area contributed by atoms with Crippen LogP contribution in [0.5, 0.6) is 0 Å². The number of benzene rings is 9. The van der Waals surface area contributed by atoms with Crippen molar-refractivity contribution in [3.05, 3.63) is 194 Å². The molecule has 0 saturated carbocycles. The lowest BCUT2D eigenvalue weighted by molar-refractivity contribution is 1.18. The van der Waals surface area contributed by atoms with Crippen molar-refractivity contribution in [2.75, 3.05) is 0 Å². The van der Waals surface area contributed by atoms with Crippen LogP contribution in [0.2, 0.25) is 0 Å². The van der Waals surface area contributed by atoms with E-state index in [0.717, 1.165) is 11.4 Å². The summed E-state index contributed by atoms with van der Waals surface area (Å²) < 4.78 is 4.86. The molecule has 0 unspecified atom stereocenters. The fraction of sp³-hybridized carbons (Fsp3) is 0. The molecule has 0 radical (unpaired) electrons. The van der Waals surface area contributed by atoms with Gasteiger partial charge in [-0.15, -0.1) is 0 Å². The van der Waals surface area contributed by atoms with Crippen LogP contribution in [-0.2, 0) is 0 Å². The van der Waals surface area contributed by atoms with E-state index in [1.165, 1.54) is 87.4 Å². The number of aromatic nitrogens is 2. The maximum absolute atomic E-state index is 2.47. The maximum atomic E-state index is 2.47. The van der Waals surface area contributed by atoms with Gasteiger partial charge in [0.05, 0.1) is 22.1 Å². The van der Waals surface area contributed by atoms with Gasteiger partial charge in [-0.25, -0.2) is 0 Å². The van der Waals surface area contributed by atoms with Crippen molar-refractivity contribution in [3.63, 3.8) is 0 Å². The molecule has 0 bridgehead atoms. The summed E-state index contributed by atoms with van der Waals surface area (Å²) in [6.07, 6.45) is 0. The highest BCUT2D eigenvalue weighted by molar-refractivity contribution is 6.28. The van der Waals surface area contributed by atoms with Crippen molar-refractivity contribution in [1.82, 2.24) is 9.13 Å². The van der Waals surface area contributed by atoms with E-state index in [1.807, 2.05) is 0 Å². The van der Waals surface area contributed by atoms with Crippen molar-refractivity contribution in [2.24, 2.45) is 0 Å². The quantitative estimate of drug-likeness (QED) is 0.166. The van der Waals surface area contributed by atoms with Gasteiger partial charge in [0.25, 0.3) is 0 Å². The molecule has 0 amide bonds. The van der Waals surface area contributed by atoms with Gasteiger partial charge in [0.2, 0.25) is 0 Å². The van der Waals surface area contributed by atoms with E-state index in [0.29, 0.717) is 0 Å². The zero-order chi connectivity index (χ0) is 34.2. The van der Waals surface area contributed by atoms with Crippen LogP contribution in [0.1, 0.15) is 0 Å². The first-order valence-electron chi connectivity index (χ1n) is 17.9. The van der Waals surface area contributed by atoms with E-state index in [4.69, 9.17) is 0 Å². The van der Waals surface area contributed by atoms with Crippen molar-refractivity contribution >= 4 is 65.2 Å². The Balaban J connectivity index is 1.40. The van der Waals surface area contributed by atoms with Gasteiger partial charge in [-0.05, 0) is 104 Å². The standard InChI is InChI=1S/C50H32N2/c1-5-17-33(18-6-1)49-41-29-39-37-25-13-15-27-45(37)51(35-21-9-3-10-22-35)47(39)31-43(41)50(34-19-7-2-8-20-34)44-32-48-40(30-42(44)49)38-26-14-16-28-46(38)52(48)36-23-11-4-12-24-36/h1-32H. The Hall–Kier alpha value is -6.90. The molecule has 2 nitrogen and oxygen atoms in total. The van der Waals surface area contributed by atoms with Crippen molar-refractivity contribution < 1.29 is 0 Å². The minimum atomic E-state index is 1.16. The smallest absolute Gasteiger partial charge is 0.0547 e. The highest BCUT2D eigenvalue weighted by Gasteiger charge is 2.23. The lowest BCUT2D eigenvalue weighted by Gasteiger charge is -2.19. The van der Waals surface area contributed by atoms with Crippen LogP contribution in [0.15, 0.2) is 194 Å². The summed E-state index contributed by atoms with van der Waals surface area (Å²) in [4.78, 5) is 0. The highest BCUT2D eigenvalue weighted by Crippen LogP contribution is 2.48. The van der Waals surface area contributed by atoms with Gasteiger partial charge in [0.1, 0.15) is 0 Å². The van der Waals surface area contributed by atoms with Gasteiger partial charge in [-0.1, -0.05) is 133 Å². The molecule has 0 aliphatic heterocycles. The van der Waals surface area contributed by atoms with Crippen LogP contribution in [-0.4, -0.2) is 9.13 Å². The van der Waals surface area contributed by atoms with E-state index >= 15 is 0 Å². The number of rotatable bonds is 4. The van der Waals surface area contributed by atoms with E-state index in [1.54, 1.807) is 0 Å². The van der Waals surface area contributed by atoms with E-state index in [-0.39, 0.29) is 0 Å². The molecule has 11 rings (SSSR count). The first kappa shape index (κ1) is 28.9. The molecule has 0 N–H and O–H groups in total. The number of para-hydroxylation sites is 4. The predicted molar refractivity (Wildman–Crippen MR) is 221 cm³/mol. The van der Waals surface area contributed by atoms with Crippen LogP contribution in [0.3, 0.4) is 0 Å². The first-order valence-corrected chi connectivity index (χ1v) is 17.9. The van der Waals surface area contributed by atoms with Gasteiger partial charge >= 0.3 is 0 Å². The minimum absolute atomic E-state index is 1.16. The summed E-state index contributed by atoms with van der Waals surface area (Å²) in [5.74, 6) is 0. The summed E-state index contributed by atoms with van der Waals surface area (Å²) in [6, 6.07) is 71.0. The maximum Gasteiger partial charge on any atom is 0.0547 e. The Bertz CT molecular complexity index is 2960. The van der Waals surface area contributed by atoms with E-state index < -0.39 is 0 Å². The number of nitrogens with zero attached hydrogens (tertiary/aromatic N) is 2. The SMILES string of the molecule is c1ccc(-c2c3cc4c5ccccc5n(-c5ccccc5)c4cc3c(-c3ccccc3)c3cc4c(cc23)c2ccccc2n4-c2ccccc2)cc1. The molecule has 0 spiro atoms. The third kappa shape index (κ3) is 4.19. The molecular weight excluding hydrogens is 629 g/mol. The second kappa shape index (κ2) is 11.3. The van der Waals surface area contributed by atoms with E-state index in [9.17, 15) is 0 Å². The Morgan fingerprint density at radius 1 is 0.231 bits per heavy atom. The molecule has 0 atom stereocenters. The molecule has 2 heteroatoms. The summed E-state index contributed by atoms with van der Waals surface area (Å²) in [7, 11) is 0. The van der Waals surface area contributed by atoms with Crippen LogP contribution >= 0.6 is 0 Å². The number of hydrogen-bond acceptors (Lipinski definition) is 0. The predicted octanol–water partition coefficient (Wildman–Crippen LogP) is 13.5. The summed E-state index contributed by atoms with van der Waals surface area (Å²) in [6.45, 7) is 0. The van der Waals surface area contributed by atoms with Crippen LogP contribution < -0.4 is 0 Å². The average Bonchev–Trinajstić information content (AvgIpc) is 3.71. The molecule has 9 aromatic carbocycles. The Kier molecular flexibility index (Phi) is 6.28. The van der Waals surface area contributed by atoms with Gasteiger partial charge in [-0.3, -0.25) is 0 Å². The Morgan fingerprint density at radius 3 is 0.962 bits per heavy atom. The normalized spacial score (nSPS) is 11.8. The molecule has 0 aliphatic carbocycles. The molecule has 2 heterocycles. The summed E-state index contributed by atoms with van der Waals surface area (Å²) in [5.41, 5.74) is 12.1. The molecular formula is C50H32N2. The zero-order valence-electron chi connectivity index (χ0n) is 28.4. The van der Waals surface area contributed by atoms with Gasteiger partial charge < -0.3 is 9.13 Å². The second-order valence-corrected chi connectivity index (χ2v) is 13.7. The third-order valence-corrected chi connectivity index (χ3v) is 10.9. The lowest BCUT2D eigenvalue weighted by atomic mass is 9.84. The highest BCUT2D eigenvalue weighted by atomic mass is 15.0. The van der Waals surface area contributed by atoms with E-state index in [2.05, 4.69) is 203 Å². The molecule has 2 aromatic heterocycles. The van der Waals surface area contributed by atoms with Gasteiger partial charge in [0.15, 0.2) is 0 Å². The lowest BCUT2D eigenvalue weighted by Crippen LogP contribution is -1.96. The van der Waals surface area contributed by atoms with Gasteiger partial charge in [-0.2, -0.15) is 0 Å². The van der Waals surface area contributed by atoms with Crippen LogP contribution in [0.25, 0.3) is 98.8 Å². The molecule has 242 valence electrons. The molecule has 0 saturated heterocycles. The number of hydrogen-bond donors (Lipinski definition) is 0. The second-order valence-electron chi connectivity index (χ2n) is 13.7. The summed E-state index contributed by atoms with van der Waals surface area (Å²) >= 11 is 0. The molecule has 0 aliphatic rings. The molecule has 52 heavy (non-hydrogen) atoms. The van der Waals surface area contributed by atoms with Crippen molar-refractivity contribution in [1.29, 1.82) is 0 Å². The van der Waals surface area contributed by atoms with Crippen LogP contribution in [0, 0.1) is 0 Å². The number of fused-ring (bicyclic) bond motifs is 8. The minimum Gasteiger partial charge on any atom is -0.309 e.